The summed E-state index contributed by atoms with van der Waals surface area (Å²) in [6.45, 7) is 0. The Bertz CT molecular complexity index is 1030. The van der Waals surface area contributed by atoms with Gasteiger partial charge in [-0.25, -0.2) is 0 Å². The first-order valence-electron chi connectivity index (χ1n) is 8.70. The summed E-state index contributed by atoms with van der Waals surface area (Å²) in [5.41, 5.74) is 9.13. The first kappa shape index (κ1) is 17.1. The Morgan fingerprint density at radius 3 is 2.63 bits per heavy atom. The van der Waals surface area contributed by atoms with Crippen LogP contribution in [-0.2, 0) is 0 Å². The highest BCUT2D eigenvalue weighted by atomic mass is 16.5. The first-order valence-corrected chi connectivity index (χ1v) is 8.70. The number of rotatable bonds is 5. The maximum absolute atomic E-state index is 12.3. The SMILES string of the molecule is COc1ccc(-c2ccc3c(N)c(C(=O)NC4CC4)nnc3c2)c(OC)c1. The van der Waals surface area contributed by atoms with Gasteiger partial charge in [-0.1, -0.05) is 6.07 Å². The summed E-state index contributed by atoms with van der Waals surface area (Å²) >= 11 is 0. The molecule has 138 valence electrons. The zero-order valence-electron chi connectivity index (χ0n) is 15.2. The summed E-state index contributed by atoms with van der Waals surface area (Å²) in [5.74, 6) is 1.13. The number of amides is 1. The van der Waals surface area contributed by atoms with Crippen LogP contribution in [0.15, 0.2) is 36.4 Å². The van der Waals surface area contributed by atoms with E-state index in [0.717, 1.165) is 24.0 Å². The molecule has 3 N–H and O–H groups in total. The van der Waals surface area contributed by atoms with E-state index >= 15 is 0 Å². The molecule has 0 spiro atoms. The lowest BCUT2D eigenvalue weighted by molar-refractivity contribution is 0.0946. The Morgan fingerprint density at radius 2 is 1.93 bits per heavy atom. The molecule has 0 unspecified atom stereocenters. The van der Waals surface area contributed by atoms with Crippen molar-refractivity contribution in [3.63, 3.8) is 0 Å². The molecule has 0 aliphatic heterocycles. The third kappa shape index (κ3) is 3.23. The second kappa shape index (κ2) is 6.75. The lowest BCUT2D eigenvalue weighted by Gasteiger charge is -2.12. The molecular formula is C20H20N4O3. The lowest BCUT2D eigenvalue weighted by atomic mass is 10.0. The molecule has 0 bridgehead atoms. The van der Waals surface area contributed by atoms with Crippen molar-refractivity contribution in [2.45, 2.75) is 18.9 Å². The predicted molar refractivity (Wildman–Crippen MR) is 103 cm³/mol. The maximum atomic E-state index is 12.3. The number of anilines is 1. The molecular weight excluding hydrogens is 344 g/mol. The molecule has 1 heterocycles. The van der Waals surface area contributed by atoms with Crippen molar-refractivity contribution in [3.8, 4) is 22.6 Å². The second-order valence-corrected chi connectivity index (χ2v) is 6.51. The number of nitrogens with one attached hydrogen (secondary N) is 1. The second-order valence-electron chi connectivity index (χ2n) is 6.51. The van der Waals surface area contributed by atoms with Gasteiger partial charge < -0.3 is 20.5 Å². The molecule has 3 aromatic rings. The highest BCUT2D eigenvalue weighted by molar-refractivity contribution is 6.05. The molecule has 4 rings (SSSR count). The maximum Gasteiger partial charge on any atom is 0.274 e. The Balaban J connectivity index is 1.74. The Kier molecular flexibility index (Phi) is 4.27. The zero-order chi connectivity index (χ0) is 19.0. The van der Waals surface area contributed by atoms with Gasteiger partial charge in [-0.15, -0.1) is 10.2 Å². The van der Waals surface area contributed by atoms with E-state index in [9.17, 15) is 4.79 Å². The summed E-state index contributed by atoms with van der Waals surface area (Å²) in [7, 11) is 3.22. The number of hydrogen-bond acceptors (Lipinski definition) is 6. The highest BCUT2D eigenvalue weighted by Crippen LogP contribution is 2.35. The lowest BCUT2D eigenvalue weighted by Crippen LogP contribution is -2.27. The number of fused-ring (bicyclic) bond motifs is 1. The van der Waals surface area contributed by atoms with Crippen LogP contribution >= 0.6 is 0 Å². The van der Waals surface area contributed by atoms with Gasteiger partial charge in [-0.2, -0.15) is 0 Å². The van der Waals surface area contributed by atoms with E-state index in [1.807, 2.05) is 36.4 Å². The summed E-state index contributed by atoms with van der Waals surface area (Å²) in [6, 6.07) is 11.5. The van der Waals surface area contributed by atoms with Crippen LogP contribution in [0.4, 0.5) is 5.69 Å². The minimum atomic E-state index is -0.273. The molecule has 1 amide bonds. The van der Waals surface area contributed by atoms with Gasteiger partial charge in [0.05, 0.1) is 25.4 Å². The third-order valence-electron chi connectivity index (χ3n) is 4.65. The first-order chi connectivity index (χ1) is 13.1. The molecule has 1 aliphatic rings. The number of methoxy groups -OCH3 is 2. The van der Waals surface area contributed by atoms with E-state index in [4.69, 9.17) is 15.2 Å². The van der Waals surface area contributed by atoms with Crippen LogP contribution in [0.25, 0.3) is 22.0 Å². The molecule has 1 fully saturated rings. The van der Waals surface area contributed by atoms with Crippen molar-refractivity contribution in [2.24, 2.45) is 0 Å². The molecule has 0 saturated heterocycles. The summed E-state index contributed by atoms with van der Waals surface area (Å²) in [4.78, 5) is 12.3. The van der Waals surface area contributed by atoms with E-state index in [1.165, 1.54) is 0 Å². The number of aromatic nitrogens is 2. The van der Waals surface area contributed by atoms with Crippen molar-refractivity contribution in [1.29, 1.82) is 0 Å². The number of carbonyl (C=O) groups excluding carboxylic acids is 1. The fraction of sp³-hybridized carbons (Fsp3) is 0.250. The van der Waals surface area contributed by atoms with Gasteiger partial charge in [-0.05, 0) is 42.7 Å². The standard InChI is InChI=1S/C20H20N4O3/c1-26-13-6-8-14(17(10-13)27-2)11-3-7-15-16(9-11)23-24-19(18(15)21)20(25)22-12-4-5-12/h3,6-10,12H,4-5H2,1-2H3,(H2,21,23)(H,22,25). The third-order valence-corrected chi connectivity index (χ3v) is 4.65. The summed E-state index contributed by atoms with van der Waals surface area (Å²) in [5, 5.41) is 11.8. The number of hydrogen-bond donors (Lipinski definition) is 2. The van der Waals surface area contributed by atoms with E-state index < -0.39 is 0 Å². The quantitative estimate of drug-likeness (QED) is 0.722. The number of nitrogen functional groups attached to an aromatic ring is 1. The van der Waals surface area contributed by atoms with Crippen LogP contribution in [0, 0.1) is 0 Å². The van der Waals surface area contributed by atoms with Crippen molar-refractivity contribution in [2.75, 3.05) is 20.0 Å². The average molecular weight is 364 g/mol. The van der Waals surface area contributed by atoms with E-state index in [0.29, 0.717) is 28.1 Å². The van der Waals surface area contributed by atoms with Crippen molar-refractivity contribution < 1.29 is 14.3 Å². The number of nitrogens with zero attached hydrogens (tertiary/aromatic N) is 2. The van der Waals surface area contributed by atoms with Crippen molar-refractivity contribution in [1.82, 2.24) is 15.5 Å². The molecule has 1 saturated carbocycles. The van der Waals surface area contributed by atoms with Gasteiger partial charge >= 0.3 is 0 Å². The van der Waals surface area contributed by atoms with Crippen LogP contribution in [0.5, 0.6) is 11.5 Å². The normalized spacial score (nSPS) is 13.4. The Morgan fingerprint density at radius 1 is 1.11 bits per heavy atom. The number of nitrogens with two attached hydrogens (primary N) is 1. The van der Waals surface area contributed by atoms with E-state index in [-0.39, 0.29) is 17.6 Å². The van der Waals surface area contributed by atoms with Gasteiger partial charge in [0, 0.05) is 23.1 Å². The smallest absolute Gasteiger partial charge is 0.274 e. The van der Waals surface area contributed by atoms with Crippen LogP contribution < -0.4 is 20.5 Å². The average Bonchev–Trinajstić information content (AvgIpc) is 3.51. The van der Waals surface area contributed by atoms with Crippen LogP contribution in [0.3, 0.4) is 0 Å². The number of ether oxygens (including phenoxy) is 2. The van der Waals surface area contributed by atoms with Gasteiger partial charge in [0.15, 0.2) is 5.69 Å². The largest absolute Gasteiger partial charge is 0.497 e. The monoisotopic (exact) mass is 364 g/mol. The molecule has 1 aliphatic carbocycles. The zero-order valence-corrected chi connectivity index (χ0v) is 15.2. The van der Waals surface area contributed by atoms with E-state index in [1.54, 1.807) is 14.2 Å². The van der Waals surface area contributed by atoms with Gasteiger partial charge in [-0.3, -0.25) is 4.79 Å². The Labute approximate surface area is 156 Å². The molecule has 27 heavy (non-hydrogen) atoms. The highest BCUT2D eigenvalue weighted by Gasteiger charge is 2.26. The van der Waals surface area contributed by atoms with Gasteiger partial charge in [0.2, 0.25) is 0 Å². The predicted octanol–water partition coefficient (Wildman–Crippen LogP) is 2.79. The number of benzene rings is 2. The van der Waals surface area contributed by atoms with Crippen LogP contribution in [0.2, 0.25) is 0 Å². The summed E-state index contributed by atoms with van der Waals surface area (Å²) < 4.78 is 10.7. The topological polar surface area (TPSA) is 99.4 Å². The fourth-order valence-corrected chi connectivity index (χ4v) is 2.98. The molecule has 7 heteroatoms. The number of carbonyl (C=O) groups is 1. The fourth-order valence-electron chi connectivity index (χ4n) is 2.98. The molecule has 0 atom stereocenters. The van der Waals surface area contributed by atoms with Crippen molar-refractivity contribution >= 4 is 22.5 Å². The summed E-state index contributed by atoms with van der Waals surface area (Å²) in [6.07, 6.45) is 2.00. The molecule has 1 aromatic heterocycles. The van der Waals surface area contributed by atoms with Crippen molar-refractivity contribution in [3.05, 3.63) is 42.1 Å². The minimum absolute atomic E-state index is 0.171. The van der Waals surface area contributed by atoms with Crippen LogP contribution in [-0.4, -0.2) is 36.4 Å². The molecule has 7 nitrogen and oxygen atoms in total. The molecule has 2 aromatic carbocycles. The van der Waals surface area contributed by atoms with E-state index in [2.05, 4.69) is 15.5 Å². The van der Waals surface area contributed by atoms with Crippen LogP contribution in [0.1, 0.15) is 23.3 Å². The minimum Gasteiger partial charge on any atom is -0.497 e. The van der Waals surface area contributed by atoms with Gasteiger partial charge in [0.1, 0.15) is 11.5 Å². The Hall–Kier alpha value is -3.35. The molecule has 0 radical (unpaired) electrons. The van der Waals surface area contributed by atoms with Gasteiger partial charge in [0.25, 0.3) is 5.91 Å².